The van der Waals surface area contributed by atoms with E-state index in [9.17, 15) is 0 Å². The topological polar surface area (TPSA) is 43.1 Å². The lowest BCUT2D eigenvalue weighted by atomic mass is 10.0. The first kappa shape index (κ1) is 18.0. The van der Waals surface area contributed by atoms with Gasteiger partial charge in [-0.1, -0.05) is 91.0 Å². The molecule has 0 radical (unpaired) electrons. The van der Waals surface area contributed by atoms with Gasteiger partial charge in [-0.2, -0.15) is 0 Å². The highest BCUT2D eigenvalue weighted by atomic mass is 15.0. The molecule has 33 heavy (non-hydrogen) atoms. The maximum atomic E-state index is 5.11. The van der Waals surface area contributed by atoms with E-state index in [1.807, 2.05) is 30.3 Å². The molecule has 0 bridgehead atoms. The molecule has 0 fully saturated rings. The lowest BCUT2D eigenvalue weighted by molar-refractivity contribution is 1.21. The van der Waals surface area contributed by atoms with E-state index in [2.05, 4.69) is 83.3 Å². The Hall–Kier alpha value is -4.57. The zero-order valence-electron chi connectivity index (χ0n) is 17.7. The first-order chi connectivity index (χ1) is 16.4. The van der Waals surface area contributed by atoms with Crippen LogP contribution in [0.1, 0.15) is 0 Å². The second-order valence-corrected chi connectivity index (χ2v) is 8.13. The molecule has 0 atom stereocenters. The Labute approximate surface area is 189 Å². The molecular formula is C29H18N4. The van der Waals surface area contributed by atoms with Crippen molar-refractivity contribution in [1.82, 2.24) is 19.4 Å². The third-order valence-electron chi connectivity index (χ3n) is 6.18. The average molecular weight is 422 g/mol. The van der Waals surface area contributed by atoms with Gasteiger partial charge in [0.2, 0.25) is 0 Å². The molecule has 7 aromatic rings. The smallest absolute Gasteiger partial charge is 0.165 e. The Morgan fingerprint density at radius 1 is 0.515 bits per heavy atom. The summed E-state index contributed by atoms with van der Waals surface area (Å²) >= 11 is 0. The number of imidazole rings is 1. The third-order valence-corrected chi connectivity index (χ3v) is 6.18. The lowest BCUT2D eigenvalue weighted by Gasteiger charge is -2.14. The summed E-state index contributed by atoms with van der Waals surface area (Å²) in [6, 6.07) is 37.2. The first-order valence-corrected chi connectivity index (χ1v) is 11.0. The minimum Gasteiger partial charge on any atom is -0.290 e. The van der Waals surface area contributed by atoms with Crippen molar-refractivity contribution in [3.63, 3.8) is 0 Å². The van der Waals surface area contributed by atoms with E-state index >= 15 is 0 Å². The Kier molecular flexibility index (Phi) is 3.81. The second kappa shape index (κ2) is 6.97. The predicted octanol–water partition coefficient (Wildman–Crippen LogP) is 6.92. The largest absolute Gasteiger partial charge is 0.290 e. The minimum absolute atomic E-state index is 0.700. The number of pyridine rings is 1. The summed E-state index contributed by atoms with van der Waals surface area (Å²) in [5, 5.41) is 2.14. The Balaban J connectivity index is 1.76. The van der Waals surface area contributed by atoms with Gasteiger partial charge >= 0.3 is 0 Å². The molecule has 0 aliphatic rings. The van der Waals surface area contributed by atoms with E-state index in [0.717, 1.165) is 55.3 Å². The van der Waals surface area contributed by atoms with Crippen LogP contribution < -0.4 is 0 Å². The zero-order valence-corrected chi connectivity index (χ0v) is 17.7. The van der Waals surface area contributed by atoms with Crippen LogP contribution in [0.2, 0.25) is 0 Å². The van der Waals surface area contributed by atoms with Gasteiger partial charge in [0, 0.05) is 21.9 Å². The number of aromatic nitrogens is 4. The molecule has 0 amide bonds. The van der Waals surface area contributed by atoms with Gasteiger partial charge in [0.1, 0.15) is 5.52 Å². The quantitative estimate of drug-likeness (QED) is 0.284. The fourth-order valence-electron chi connectivity index (χ4n) is 4.71. The molecular weight excluding hydrogens is 404 g/mol. The fourth-order valence-corrected chi connectivity index (χ4v) is 4.71. The highest BCUT2D eigenvalue weighted by Crippen LogP contribution is 2.37. The maximum Gasteiger partial charge on any atom is 0.165 e. The van der Waals surface area contributed by atoms with Crippen molar-refractivity contribution in [3.8, 4) is 22.6 Å². The number of hydrogen-bond acceptors (Lipinski definition) is 3. The molecule has 0 unspecified atom stereocenters. The summed E-state index contributed by atoms with van der Waals surface area (Å²) in [6.07, 6.45) is 0. The summed E-state index contributed by atoms with van der Waals surface area (Å²) in [5.41, 5.74) is 7.81. The second-order valence-electron chi connectivity index (χ2n) is 8.13. The molecule has 0 N–H and O–H groups in total. The summed E-state index contributed by atoms with van der Waals surface area (Å²) in [5.74, 6) is 0.700. The van der Waals surface area contributed by atoms with Crippen LogP contribution >= 0.6 is 0 Å². The Morgan fingerprint density at radius 3 is 1.94 bits per heavy atom. The number of nitrogens with zero attached hydrogens (tertiary/aromatic N) is 4. The Bertz CT molecular complexity index is 1800. The average Bonchev–Trinajstić information content (AvgIpc) is 3.29. The fraction of sp³-hybridized carbons (Fsp3) is 0. The van der Waals surface area contributed by atoms with Crippen LogP contribution in [0.4, 0.5) is 0 Å². The van der Waals surface area contributed by atoms with Crippen LogP contribution in [0.15, 0.2) is 109 Å². The van der Waals surface area contributed by atoms with Gasteiger partial charge in [0.05, 0.1) is 22.2 Å². The van der Waals surface area contributed by atoms with E-state index in [1.54, 1.807) is 0 Å². The van der Waals surface area contributed by atoms with Gasteiger partial charge in [-0.15, -0.1) is 0 Å². The molecule has 0 aliphatic carbocycles. The number of para-hydroxylation sites is 3. The van der Waals surface area contributed by atoms with E-state index in [1.165, 1.54) is 0 Å². The highest BCUT2D eigenvalue weighted by Gasteiger charge is 2.20. The van der Waals surface area contributed by atoms with Crippen molar-refractivity contribution in [2.45, 2.75) is 0 Å². The minimum atomic E-state index is 0.700. The van der Waals surface area contributed by atoms with Crippen molar-refractivity contribution in [2.24, 2.45) is 0 Å². The molecule has 4 aromatic carbocycles. The van der Waals surface area contributed by atoms with Crippen LogP contribution in [0.3, 0.4) is 0 Å². The van der Waals surface area contributed by atoms with Crippen LogP contribution in [0, 0.1) is 0 Å². The zero-order chi connectivity index (χ0) is 21.8. The van der Waals surface area contributed by atoms with Crippen molar-refractivity contribution in [1.29, 1.82) is 0 Å². The molecule has 3 aromatic heterocycles. The highest BCUT2D eigenvalue weighted by molar-refractivity contribution is 6.17. The van der Waals surface area contributed by atoms with Gasteiger partial charge in [-0.25, -0.2) is 15.0 Å². The molecule has 7 rings (SSSR count). The molecule has 0 spiro atoms. The molecule has 4 heteroatoms. The number of hydrogen-bond donors (Lipinski definition) is 0. The van der Waals surface area contributed by atoms with Crippen molar-refractivity contribution in [3.05, 3.63) is 109 Å². The normalized spacial score (nSPS) is 11.6. The van der Waals surface area contributed by atoms with Gasteiger partial charge in [-0.3, -0.25) is 4.40 Å². The maximum absolute atomic E-state index is 5.11. The number of rotatable bonds is 2. The molecule has 0 saturated heterocycles. The van der Waals surface area contributed by atoms with Gasteiger partial charge in [-0.05, 0) is 18.2 Å². The molecule has 154 valence electrons. The number of benzene rings is 4. The standard InChI is InChI=1S/C29H18N4/c1-3-11-19(12-4-1)26-25-21-15-7-9-17-23(21)33-24-18-10-8-16-22(24)30-29(33)27(25)32-28(31-26)20-13-5-2-6-14-20/h1-18H. The summed E-state index contributed by atoms with van der Waals surface area (Å²) in [7, 11) is 0. The van der Waals surface area contributed by atoms with Crippen LogP contribution in [-0.2, 0) is 0 Å². The van der Waals surface area contributed by atoms with Gasteiger partial charge in [0.25, 0.3) is 0 Å². The molecule has 0 saturated carbocycles. The Morgan fingerprint density at radius 2 is 1.15 bits per heavy atom. The third kappa shape index (κ3) is 2.68. The van der Waals surface area contributed by atoms with Crippen molar-refractivity contribution >= 4 is 38.5 Å². The monoisotopic (exact) mass is 422 g/mol. The van der Waals surface area contributed by atoms with E-state index in [-0.39, 0.29) is 0 Å². The lowest BCUT2D eigenvalue weighted by Crippen LogP contribution is -2.00. The summed E-state index contributed by atoms with van der Waals surface area (Å²) < 4.78 is 2.23. The molecule has 4 nitrogen and oxygen atoms in total. The van der Waals surface area contributed by atoms with Crippen molar-refractivity contribution in [2.75, 3.05) is 0 Å². The van der Waals surface area contributed by atoms with Crippen LogP contribution in [0.25, 0.3) is 61.1 Å². The first-order valence-electron chi connectivity index (χ1n) is 11.0. The SMILES string of the molecule is c1ccc(-c2nc(-c3ccccc3)c3c4ccccc4n4c5ccccc5nc4c3n2)cc1. The van der Waals surface area contributed by atoms with E-state index in [0.29, 0.717) is 5.82 Å². The number of fused-ring (bicyclic) bond motifs is 8. The van der Waals surface area contributed by atoms with Crippen LogP contribution in [-0.4, -0.2) is 19.4 Å². The summed E-state index contributed by atoms with van der Waals surface area (Å²) in [4.78, 5) is 15.3. The van der Waals surface area contributed by atoms with Crippen LogP contribution in [0.5, 0.6) is 0 Å². The van der Waals surface area contributed by atoms with Crippen molar-refractivity contribution < 1.29 is 0 Å². The van der Waals surface area contributed by atoms with E-state index < -0.39 is 0 Å². The summed E-state index contributed by atoms with van der Waals surface area (Å²) in [6.45, 7) is 0. The molecule has 3 heterocycles. The predicted molar refractivity (Wildman–Crippen MR) is 134 cm³/mol. The van der Waals surface area contributed by atoms with Gasteiger partial charge < -0.3 is 0 Å². The van der Waals surface area contributed by atoms with E-state index in [4.69, 9.17) is 15.0 Å². The van der Waals surface area contributed by atoms with Gasteiger partial charge in [0.15, 0.2) is 11.5 Å². The molecule has 0 aliphatic heterocycles.